The minimum Gasteiger partial charge on any atom is -0.426 e. The van der Waals surface area contributed by atoms with E-state index in [1.54, 1.807) is 0 Å². The summed E-state index contributed by atoms with van der Waals surface area (Å²) in [4.78, 5) is 12.4. The quantitative estimate of drug-likeness (QED) is 0.503. The monoisotopic (exact) mass is 276 g/mol. The lowest BCUT2D eigenvalue weighted by Gasteiger charge is -2.18. The molecule has 0 heterocycles. The summed E-state index contributed by atoms with van der Waals surface area (Å²) in [5.74, 6) is 1.06. The van der Waals surface area contributed by atoms with Crippen molar-refractivity contribution in [1.82, 2.24) is 0 Å². The van der Waals surface area contributed by atoms with Crippen LogP contribution in [0.2, 0.25) is 0 Å². The SMILES string of the molecule is CCCC(CCC)C(=O)Oc1cc(C)ccc1C(C)C. The summed E-state index contributed by atoms with van der Waals surface area (Å²) in [6.07, 6.45) is 3.86. The highest BCUT2D eigenvalue weighted by Crippen LogP contribution is 2.29. The zero-order valence-electron chi connectivity index (χ0n) is 13.5. The smallest absolute Gasteiger partial charge is 0.314 e. The Morgan fingerprint density at radius 2 is 1.75 bits per heavy atom. The maximum atomic E-state index is 12.4. The largest absolute Gasteiger partial charge is 0.426 e. The molecule has 2 nitrogen and oxygen atoms in total. The Morgan fingerprint density at radius 1 is 1.15 bits per heavy atom. The molecule has 0 aromatic heterocycles. The molecular weight excluding hydrogens is 248 g/mol. The summed E-state index contributed by atoms with van der Waals surface area (Å²) in [7, 11) is 0. The zero-order valence-corrected chi connectivity index (χ0v) is 13.5. The number of carbonyl (C=O) groups is 1. The summed E-state index contributed by atoms with van der Waals surface area (Å²) in [6.45, 7) is 10.5. The van der Waals surface area contributed by atoms with E-state index >= 15 is 0 Å². The molecular formula is C18H28O2. The lowest BCUT2D eigenvalue weighted by molar-refractivity contribution is -0.139. The number of benzene rings is 1. The van der Waals surface area contributed by atoms with Crippen molar-refractivity contribution in [2.24, 2.45) is 5.92 Å². The van der Waals surface area contributed by atoms with Gasteiger partial charge in [-0.05, 0) is 42.9 Å². The molecule has 0 atom stereocenters. The van der Waals surface area contributed by atoms with Crippen molar-refractivity contribution >= 4 is 5.97 Å². The third-order valence-corrected chi connectivity index (χ3v) is 3.61. The van der Waals surface area contributed by atoms with Gasteiger partial charge in [0.2, 0.25) is 0 Å². The second kappa shape index (κ2) is 8.08. The average molecular weight is 276 g/mol. The fourth-order valence-corrected chi connectivity index (χ4v) is 2.48. The van der Waals surface area contributed by atoms with E-state index in [1.807, 2.05) is 13.0 Å². The van der Waals surface area contributed by atoms with Gasteiger partial charge in [0.15, 0.2) is 0 Å². The molecule has 0 unspecified atom stereocenters. The third-order valence-electron chi connectivity index (χ3n) is 3.61. The van der Waals surface area contributed by atoms with E-state index in [-0.39, 0.29) is 11.9 Å². The minimum atomic E-state index is -0.0683. The van der Waals surface area contributed by atoms with Crippen LogP contribution in [0.25, 0.3) is 0 Å². The number of hydrogen-bond acceptors (Lipinski definition) is 2. The van der Waals surface area contributed by atoms with Crippen molar-refractivity contribution in [3.63, 3.8) is 0 Å². The van der Waals surface area contributed by atoms with E-state index in [1.165, 1.54) is 0 Å². The molecule has 0 amide bonds. The molecule has 0 aliphatic heterocycles. The highest BCUT2D eigenvalue weighted by molar-refractivity contribution is 5.75. The second-order valence-corrected chi connectivity index (χ2v) is 5.89. The Balaban J connectivity index is 2.90. The molecule has 2 heteroatoms. The lowest BCUT2D eigenvalue weighted by atomic mass is 9.98. The average Bonchev–Trinajstić information content (AvgIpc) is 2.38. The van der Waals surface area contributed by atoms with Gasteiger partial charge in [-0.3, -0.25) is 4.79 Å². The van der Waals surface area contributed by atoms with Gasteiger partial charge in [-0.1, -0.05) is 52.7 Å². The standard InChI is InChI=1S/C18H28O2/c1-6-8-15(9-7-2)18(19)20-17-12-14(5)10-11-16(17)13(3)4/h10-13,15H,6-9H2,1-5H3. The van der Waals surface area contributed by atoms with Crippen molar-refractivity contribution in [1.29, 1.82) is 0 Å². The predicted molar refractivity (Wildman–Crippen MR) is 84.2 cm³/mol. The highest BCUT2D eigenvalue weighted by Gasteiger charge is 2.20. The number of ether oxygens (including phenoxy) is 1. The molecule has 1 rings (SSSR count). The number of rotatable bonds is 7. The minimum absolute atomic E-state index is 0.0329. The van der Waals surface area contributed by atoms with Gasteiger partial charge in [-0.25, -0.2) is 0 Å². The fraction of sp³-hybridized carbons (Fsp3) is 0.611. The summed E-state index contributed by atoms with van der Waals surface area (Å²) < 4.78 is 5.72. The molecule has 20 heavy (non-hydrogen) atoms. The molecule has 0 bridgehead atoms. The Hall–Kier alpha value is -1.31. The summed E-state index contributed by atoms with van der Waals surface area (Å²) >= 11 is 0. The second-order valence-electron chi connectivity index (χ2n) is 5.89. The van der Waals surface area contributed by atoms with Crippen LogP contribution in [0.5, 0.6) is 5.75 Å². The van der Waals surface area contributed by atoms with Crippen molar-refractivity contribution in [2.75, 3.05) is 0 Å². The summed E-state index contributed by atoms with van der Waals surface area (Å²) in [5, 5.41) is 0. The Morgan fingerprint density at radius 3 is 2.25 bits per heavy atom. The van der Waals surface area contributed by atoms with Gasteiger partial charge in [0.25, 0.3) is 0 Å². The van der Waals surface area contributed by atoms with Gasteiger partial charge in [-0.15, -0.1) is 0 Å². The van der Waals surface area contributed by atoms with Crippen LogP contribution in [0, 0.1) is 12.8 Å². The van der Waals surface area contributed by atoms with Crippen LogP contribution in [0.4, 0.5) is 0 Å². The first-order chi connectivity index (χ1) is 9.49. The normalized spacial score (nSPS) is 11.2. The number of aryl methyl sites for hydroxylation is 1. The van der Waals surface area contributed by atoms with Gasteiger partial charge in [-0.2, -0.15) is 0 Å². The molecule has 1 aromatic rings. The first-order valence-corrected chi connectivity index (χ1v) is 7.81. The van der Waals surface area contributed by atoms with Gasteiger partial charge in [0, 0.05) is 0 Å². The van der Waals surface area contributed by atoms with Crippen molar-refractivity contribution in [3.8, 4) is 5.75 Å². The van der Waals surface area contributed by atoms with Crippen molar-refractivity contribution in [3.05, 3.63) is 29.3 Å². The van der Waals surface area contributed by atoms with Crippen molar-refractivity contribution < 1.29 is 9.53 Å². The van der Waals surface area contributed by atoms with Gasteiger partial charge in [0.05, 0.1) is 5.92 Å². The number of hydrogen-bond donors (Lipinski definition) is 0. The molecule has 0 fully saturated rings. The Bertz CT molecular complexity index is 429. The number of carbonyl (C=O) groups excluding carboxylic acids is 1. The van der Waals surface area contributed by atoms with Crippen molar-refractivity contribution in [2.45, 2.75) is 66.2 Å². The van der Waals surface area contributed by atoms with E-state index < -0.39 is 0 Å². The van der Waals surface area contributed by atoms with Crippen LogP contribution in [0.1, 0.15) is 70.4 Å². The van der Waals surface area contributed by atoms with Crippen LogP contribution in [-0.4, -0.2) is 5.97 Å². The molecule has 0 saturated carbocycles. The van der Waals surface area contributed by atoms with Gasteiger partial charge < -0.3 is 4.74 Å². The molecule has 0 aliphatic carbocycles. The fourth-order valence-electron chi connectivity index (χ4n) is 2.48. The Labute approximate surface area is 123 Å². The lowest BCUT2D eigenvalue weighted by Crippen LogP contribution is -2.21. The molecule has 0 saturated heterocycles. The summed E-state index contributed by atoms with van der Waals surface area (Å²) in [5.41, 5.74) is 2.23. The topological polar surface area (TPSA) is 26.3 Å². The van der Waals surface area contributed by atoms with E-state index in [0.29, 0.717) is 5.92 Å². The van der Waals surface area contributed by atoms with E-state index in [2.05, 4.69) is 39.8 Å². The predicted octanol–water partition coefficient (Wildman–Crippen LogP) is 5.24. The summed E-state index contributed by atoms with van der Waals surface area (Å²) in [6, 6.07) is 6.11. The molecule has 0 radical (unpaired) electrons. The van der Waals surface area contributed by atoms with E-state index in [0.717, 1.165) is 42.6 Å². The van der Waals surface area contributed by atoms with Gasteiger partial charge in [0.1, 0.15) is 5.75 Å². The molecule has 0 N–H and O–H groups in total. The maximum Gasteiger partial charge on any atom is 0.314 e. The van der Waals surface area contributed by atoms with Crippen LogP contribution in [-0.2, 0) is 4.79 Å². The third kappa shape index (κ3) is 4.66. The van der Waals surface area contributed by atoms with Crippen LogP contribution < -0.4 is 4.74 Å². The maximum absolute atomic E-state index is 12.4. The number of esters is 1. The first-order valence-electron chi connectivity index (χ1n) is 7.81. The van der Waals surface area contributed by atoms with Crippen LogP contribution in [0.15, 0.2) is 18.2 Å². The molecule has 0 spiro atoms. The van der Waals surface area contributed by atoms with Crippen LogP contribution >= 0.6 is 0 Å². The highest BCUT2D eigenvalue weighted by atomic mass is 16.5. The van der Waals surface area contributed by atoms with E-state index in [4.69, 9.17) is 4.74 Å². The van der Waals surface area contributed by atoms with Gasteiger partial charge >= 0.3 is 5.97 Å². The zero-order chi connectivity index (χ0) is 15.1. The van der Waals surface area contributed by atoms with E-state index in [9.17, 15) is 4.79 Å². The first kappa shape index (κ1) is 16.7. The Kier molecular flexibility index (Phi) is 6.77. The molecule has 1 aromatic carbocycles. The van der Waals surface area contributed by atoms with Crippen LogP contribution in [0.3, 0.4) is 0 Å². The molecule has 0 aliphatic rings. The molecule has 112 valence electrons.